The van der Waals surface area contributed by atoms with Crippen LogP contribution in [0.5, 0.6) is 0 Å². The van der Waals surface area contributed by atoms with Gasteiger partial charge in [0.1, 0.15) is 0 Å². The first-order valence-corrected chi connectivity index (χ1v) is 14.5. The van der Waals surface area contributed by atoms with Crippen LogP contribution in [0, 0.1) is 0 Å². The van der Waals surface area contributed by atoms with Crippen LogP contribution in [0.4, 0.5) is 0 Å². The fourth-order valence-corrected chi connectivity index (χ4v) is 5.83. The smallest absolute Gasteiger partial charge is 0.328 e. The third-order valence-corrected chi connectivity index (χ3v) is 8.44. The van der Waals surface area contributed by atoms with Crippen LogP contribution in [0.2, 0.25) is 5.02 Å². The zero-order chi connectivity index (χ0) is 27.6. The summed E-state index contributed by atoms with van der Waals surface area (Å²) in [4.78, 5) is 27.7. The number of amides is 1. The van der Waals surface area contributed by atoms with Gasteiger partial charge in [-0.05, 0) is 55.0 Å². The molecule has 2 aromatic carbocycles. The summed E-state index contributed by atoms with van der Waals surface area (Å²) in [6.45, 7) is 0.921. The standard InChI is InChI=1S/C26H24ClN3O6S2/c1-3-29(22(15-31)26(33)34)25(32)19-14-21(30(28-19)20-10-5-4-9-18(20)27)24-12-11-23(37-24)16-7-6-8-17(13-16)38(2,35)36/h4-14,22,31H,3,15H2,1-2H3,(H,33,34). The van der Waals surface area contributed by atoms with Gasteiger partial charge in [0.2, 0.25) is 0 Å². The summed E-state index contributed by atoms with van der Waals surface area (Å²) in [5.41, 5.74) is 1.74. The maximum absolute atomic E-state index is 13.3. The SMILES string of the molecule is CCN(C(=O)c1cc(-c2ccc(-c3cccc(S(C)(=O)=O)c3)s2)n(-c2ccccc2Cl)n1)C(CO)C(=O)O. The highest BCUT2D eigenvalue weighted by atomic mass is 35.5. The molecule has 1 atom stereocenters. The highest BCUT2D eigenvalue weighted by molar-refractivity contribution is 7.90. The molecule has 0 aliphatic heterocycles. The number of carbonyl (C=O) groups excluding carboxylic acids is 1. The summed E-state index contributed by atoms with van der Waals surface area (Å²) in [6.07, 6.45) is 1.15. The number of hydrogen-bond donors (Lipinski definition) is 2. The second-order valence-electron chi connectivity index (χ2n) is 8.37. The fraction of sp³-hybridized carbons (Fsp3) is 0.192. The number of sulfone groups is 1. The molecule has 38 heavy (non-hydrogen) atoms. The number of halogens is 1. The van der Waals surface area contributed by atoms with E-state index in [0.29, 0.717) is 22.0 Å². The molecular weight excluding hydrogens is 550 g/mol. The van der Waals surface area contributed by atoms with Gasteiger partial charge in [-0.25, -0.2) is 17.9 Å². The lowest BCUT2D eigenvalue weighted by atomic mass is 10.2. The van der Waals surface area contributed by atoms with Crippen LogP contribution in [0.3, 0.4) is 0 Å². The second kappa shape index (κ2) is 11.1. The van der Waals surface area contributed by atoms with E-state index in [1.54, 1.807) is 49.4 Å². The van der Waals surface area contributed by atoms with Gasteiger partial charge >= 0.3 is 5.97 Å². The number of hydrogen-bond acceptors (Lipinski definition) is 7. The number of aliphatic hydroxyl groups excluding tert-OH is 1. The molecule has 2 aromatic heterocycles. The van der Waals surface area contributed by atoms with Gasteiger partial charge in [-0.2, -0.15) is 5.10 Å². The van der Waals surface area contributed by atoms with Gasteiger partial charge in [-0.3, -0.25) is 4.79 Å². The Morgan fingerprint density at radius 1 is 1.08 bits per heavy atom. The molecule has 0 radical (unpaired) electrons. The normalized spacial score (nSPS) is 12.3. The number of carboxylic acids is 1. The summed E-state index contributed by atoms with van der Waals surface area (Å²) in [6, 6.07) is 17.4. The van der Waals surface area contributed by atoms with Gasteiger partial charge < -0.3 is 15.1 Å². The van der Waals surface area contributed by atoms with Crippen molar-refractivity contribution in [1.82, 2.24) is 14.7 Å². The largest absolute Gasteiger partial charge is 0.480 e. The highest BCUT2D eigenvalue weighted by Gasteiger charge is 2.31. The number of para-hydroxylation sites is 1. The lowest BCUT2D eigenvalue weighted by Gasteiger charge is -2.25. The number of benzene rings is 2. The molecule has 0 bridgehead atoms. The van der Waals surface area contributed by atoms with Crippen molar-refractivity contribution in [1.29, 1.82) is 0 Å². The van der Waals surface area contributed by atoms with Crippen LogP contribution in [-0.2, 0) is 14.6 Å². The topological polar surface area (TPSA) is 130 Å². The first-order valence-electron chi connectivity index (χ1n) is 11.5. The Morgan fingerprint density at radius 3 is 2.42 bits per heavy atom. The van der Waals surface area contributed by atoms with Crippen LogP contribution in [0.25, 0.3) is 26.7 Å². The third kappa shape index (κ3) is 5.51. The molecule has 0 saturated heterocycles. The van der Waals surface area contributed by atoms with Crippen LogP contribution in [0.15, 0.2) is 71.6 Å². The van der Waals surface area contributed by atoms with Crippen molar-refractivity contribution in [3.05, 3.63) is 77.4 Å². The molecule has 4 rings (SSSR count). The molecule has 12 heteroatoms. The lowest BCUT2D eigenvalue weighted by molar-refractivity contribution is -0.143. The number of rotatable bonds is 9. The monoisotopic (exact) mass is 573 g/mol. The third-order valence-electron chi connectivity index (χ3n) is 5.85. The van der Waals surface area contributed by atoms with Crippen LogP contribution < -0.4 is 0 Å². The molecule has 198 valence electrons. The van der Waals surface area contributed by atoms with E-state index >= 15 is 0 Å². The van der Waals surface area contributed by atoms with Gasteiger partial charge in [0, 0.05) is 17.7 Å². The van der Waals surface area contributed by atoms with Gasteiger partial charge in [0.25, 0.3) is 5.91 Å². The molecule has 0 fully saturated rings. The maximum atomic E-state index is 13.3. The van der Waals surface area contributed by atoms with Crippen molar-refractivity contribution in [2.45, 2.75) is 17.9 Å². The summed E-state index contributed by atoms with van der Waals surface area (Å²) < 4.78 is 25.6. The molecular formula is C26H24ClN3O6S2. The average Bonchev–Trinajstić information content (AvgIpc) is 3.54. The Kier molecular flexibility index (Phi) is 8.02. The Bertz CT molecular complexity index is 1610. The number of aliphatic hydroxyl groups is 1. The number of thiophene rings is 1. The van der Waals surface area contributed by atoms with Crippen molar-refractivity contribution in [3.8, 4) is 26.7 Å². The van der Waals surface area contributed by atoms with E-state index in [4.69, 9.17) is 11.6 Å². The Hall–Kier alpha value is -3.51. The average molecular weight is 574 g/mol. The van der Waals surface area contributed by atoms with Gasteiger partial charge in [0.15, 0.2) is 21.6 Å². The van der Waals surface area contributed by atoms with E-state index in [9.17, 15) is 28.2 Å². The van der Waals surface area contributed by atoms with E-state index in [0.717, 1.165) is 20.9 Å². The Balaban J connectivity index is 1.83. The number of likely N-dealkylation sites (N-methyl/N-ethyl adjacent to an activating group) is 1. The quantitative estimate of drug-likeness (QED) is 0.306. The van der Waals surface area contributed by atoms with Gasteiger partial charge in [-0.1, -0.05) is 35.9 Å². The first-order chi connectivity index (χ1) is 18.0. The molecule has 2 heterocycles. The zero-order valence-corrected chi connectivity index (χ0v) is 22.8. The van der Waals surface area contributed by atoms with E-state index < -0.39 is 34.4 Å². The van der Waals surface area contributed by atoms with Crippen LogP contribution >= 0.6 is 22.9 Å². The summed E-state index contributed by atoms with van der Waals surface area (Å²) in [7, 11) is -3.38. The Labute approximate surface area is 228 Å². The predicted octanol–water partition coefficient (Wildman–Crippen LogP) is 4.23. The zero-order valence-electron chi connectivity index (χ0n) is 20.4. The van der Waals surface area contributed by atoms with E-state index in [2.05, 4.69) is 5.10 Å². The summed E-state index contributed by atoms with van der Waals surface area (Å²) >= 11 is 7.82. The van der Waals surface area contributed by atoms with Crippen LogP contribution in [0.1, 0.15) is 17.4 Å². The molecule has 0 spiro atoms. The van der Waals surface area contributed by atoms with Gasteiger partial charge in [0.05, 0.1) is 32.8 Å². The second-order valence-corrected chi connectivity index (χ2v) is 11.9. The molecule has 1 amide bonds. The molecule has 0 aliphatic carbocycles. The summed E-state index contributed by atoms with van der Waals surface area (Å²) in [5.74, 6) is -1.98. The molecule has 1 unspecified atom stereocenters. The first kappa shape index (κ1) is 27.5. The van der Waals surface area contributed by atoms with Crippen molar-refractivity contribution in [2.24, 2.45) is 0 Å². The fourth-order valence-electron chi connectivity index (χ4n) is 3.94. The Morgan fingerprint density at radius 2 is 1.79 bits per heavy atom. The molecule has 9 nitrogen and oxygen atoms in total. The molecule has 4 aromatic rings. The lowest BCUT2D eigenvalue weighted by Crippen LogP contribution is -2.47. The van der Waals surface area contributed by atoms with E-state index in [1.165, 1.54) is 22.1 Å². The number of carboxylic acid groups (broad SMARTS) is 1. The van der Waals surface area contributed by atoms with Crippen molar-refractivity contribution >= 4 is 44.7 Å². The summed E-state index contributed by atoms with van der Waals surface area (Å²) in [5, 5.41) is 23.9. The van der Waals surface area contributed by atoms with Crippen molar-refractivity contribution < 1.29 is 28.2 Å². The molecule has 2 N–H and O–H groups in total. The number of carbonyl (C=O) groups is 2. The minimum Gasteiger partial charge on any atom is -0.480 e. The van der Waals surface area contributed by atoms with Gasteiger partial charge in [-0.15, -0.1) is 11.3 Å². The van der Waals surface area contributed by atoms with E-state index in [-0.39, 0.29) is 17.1 Å². The number of aliphatic carboxylic acids is 1. The minimum absolute atomic E-state index is 0.0181. The predicted molar refractivity (Wildman–Crippen MR) is 146 cm³/mol. The number of nitrogens with zero attached hydrogens (tertiary/aromatic N) is 3. The highest BCUT2D eigenvalue weighted by Crippen LogP contribution is 2.37. The number of aromatic nitrogens is 2. The van der Waals surface area contributed by atoms with Crippen LogP contribution in [-0.4, -0.2) is 70.6 Å². The van der Waals surface area contributed by atoms with Crippen molar-refractivity contribution in [3.63, 3.8) is 0 Å². The molecule has 0 saturated carbocycles. The molecule has 0 aliphatic rings. The van der Waals surface area contributed by atoms with Crippen molar-refractivity contribution in [2.75, 3.05) is 19.4 Å². The maximum Gasteiger partial charge on any atom is 0.328 e. The van der Waals surface area contributed by atoms with E-state index in [1.807, 2.05) is 18.2 Å². The minimum atomic E-state index is -3.38.